The third kappa shape index (κ3) is 5.08. The van der Waals surface area contributed by atoms with Crippen molar-refractivity contribution in [2.24, 2.45) is 0 Å². The van der Waals surface area contributed by atoms with Gasteiger partial charge >= 0.3 is 0 Å². The van der Waals surface area contributed by atoms with Crippen LogP contribution in [0, 0.1) is 0 Å². The zero-order chi connectivity index (χ0) is 21.9. The van der Waals surface area contributed by atoms with Crippen LogP contribution in [0.2, 0.25) is 5.02 Å². The first kappa shape index (κ1) is 23.4. The van der Waals surface area contributed by atoms with E-state index in [9.17, 15) is 13.2 Å². The molecule has 172 valence electrons. The number of nitrogens with zero attached hydrogens (tertiary/aromatic N) is 2. The molecule has 2 saturated heterocycles. The molecular weight excluding hydrogens is 454 g/mol. The van der Waals surface area contributed by atoms with Crippen molar-refractivity contribution >= 4 is 39.3 Å². The van der Waals surface area contributed by atoms with Gasteiger partial charge in [-0.1, -0.05) is 30.9 Å². The second-order valence-corrected chi connectivity index (χ2v) is 12.4. The van der Waals surface area contributed by atoms with E-state index in [1.165, 1.54) is 29.3 Å². The maximum Gasteiger partial charge on any atom is 0.251 e. The van der Waals surface area contributed by atoms with E-state index in [0.29, 0.717) is 25.2 Å². The van der Waals surface area contributed by atoms with Crippen LogP contribution in [0.25, 0.3) is 0 Å². The van der Waals surface area contributed by atoms with Gasteiger partial charge in [0.05, 0.1) is 5.02 Å². The summed E-state index contributed by atoms with van der Waals surface area (Å²) in [6, 6.07) is 4.59. The van der Waals surface area contributed by atoms with Gasteiger partial charge in [0.1, 0.15) is 4.90 Å². The Morgan fingerprint density at radius 1 is 1.03 bits per heavy atom. The van der Waals surface area contributed by atoms with E-state index in [-0.39, 0.29) is 21.4 Å². The second-order valence-electron chi connectivity index (χ2n) is 8.82. The molecule has 2 aliphatic heterocycles. The van der Waals surface area contributed by atoms with Crippen molar-refractivity contribution in [3.8, 4) is 0 Å². The Balaban J connectivity index is 1.49. The normalized spacial score (nSPS) is 23.0. The van der Waals surface area contributed by atoms with Gasteiger partial charge in [-0.3, -0.25) is 9.69 Å². The number of halogens is 1. The molecule has 3 fully saturated rings. The summed E-state index contributed by atoms with van der Waals surface area (Å²) in [6.07, 6.45) is 7.35. The molecule has 0 aromatic heterocycles. The largest absolute Gasteiger partial charge is 0.350 e. The van der Waals surface area contributed by atoms with Crippen molar-refractivity contribution in [3.05, 3.63) is 28.8 Å². The fourth-order valence-electron chi connectivity index (χ4n) is 5.11. The van der Waals surface area contributed by atoms with Crippen LogP contribution in [0.4, 0.5) is 0 Å². The van der Waals surface area contributed by atoms with Crippen molar-refractivity contribution in [1.82, 2.24) is 14.5 Å². The summed E-state index contributed by atoms with van der Waals surface area (Å²) >= 11 is 8.25. The highest BCUT2D eigenvalue weighted by atomic mass is 35.5. The molecule has 0 spiro atoms. The molecule has 31 heavy (non-hydrogen) atoms. The van der Waals surface area contributed by atoms with Crippen LogP contribution in [0.3, 0.4) is 0 Å². The molecule has 1 aromatic rings. The van der Waals surface area contributed by atoms with Crippen molar-refractivity contribution in [2.45, 2.75) is 55.4 Å². The first-order valence-electron chi connectivity index (χ1n) is 11.3. The smallest absolute Gasteiger partial charge is 0.251 e. The average Bonchev–Trinajstić information content (AvgIpc) is 3.29. The van der Waals surface area contributed by atoms with Crippen LogP contribution in [0.5, 0.6) is 0 Å². The Morgan fingerprint density at radius 2 is 1.71 bits per heavy atom. The number of piperidine rings is 1. The number of carbonyl (C=O) groups is 1. The predicted octanol–water partition coefficient (Wildman–Crippen LogP) is 3.61. The summed E-state index contributed by atoms with van der Waals surface area (Å²) < 4.78 is 27.7. The van der Waals surface area contributed by atoms with Gasteiger partial charge in [0.2, 0.25) is 10.0 Å². The maximum absolute atomic E-state index is 13.1. The lowest BCUT2D eigenvalue weighted by Gasteiger charge is -2.43. The Kier molecular flexibility index (Phi) is 7.53. The minimum Gasteiger partial charge on any atom is -0.350 e. The van der Waals surface area contributed by atoms with Gasteiger partial charge in [-0.15, -0.1) is 0 Å². The Morgan fingerprint density at radius 3 is 2.39 bits per heavy atom. The Hall–Kier alpha value is -0.800. The summed E-state index contributed by atoms with van der Waals surface area (Å²) in [4.78, 5) is 15.6. The van der Waals surface area contributed by atoms with E-state index in [0.717, 1.165) is 56.7 Å². The standard InChI is InChI=1S/C22H32ClN3O3S2/c23-19-7-6-18(16-20(19)31(28,29)26-10-4-1-5-11-26)21(27)24-17-22(8-2-3-9-22)25-12-14-30-15-13-25/h6-7,16H,1-5,8-15,17H2,(H,24,27). The third-order valence-electron chi connectivity index (χ3n) is 6.92. The van der Waals surface area contributed by atoms with Gasteiger partial charge in [-0.05, 0) is 43.9 Å². The van der Waals surface area contributed by atoms with Crippen LogP contribution in [-0.4, -0.2) is 73.3 Å². The maximum atomic E-state index is 13.1. The molecule has 6 nitrogen and oxygen atoms in total. The van der Waals surface area contributed by atoms with Crippen LogP contribution in [0.1, 0.15) is 55.3 Å². The quantitative estimate of drug-likeness (QED) is 0.666. The Bertz CT molecular complexity index is 891. The SMILES string of the molecule is O=C(NCC1(N2CCSCC2)CCCC1)c1ccc(Cl)c(S(=O)(=O)N2CCCCC2)c1. The molecule has 2 heterocycles. The van der Waals surface area contributed by atoms with Crippen LogP contribution < -0.4 is 5.32 Å². The van der Waals surface area contributed by atoms with Crippen molar-refractivity contribution in [2.75, 3.05) is 44.2 Å². The number of carbonyl (C=O) groups excluding carboxylic acids is 1. The highest BCUT2D eigenvalue weighted by molar-refractivity contribution is 7.99. The topological polar surface area (TPSA) is 69.7 Å². The molecule has 1 N–H and O–H groups in total. The van der Waals surface area contributed by atoms with Gasteiger partial charge < -0.3 is 5.32 Å². The number of benzene rings is 1. The fraction of sp³-hybridized carbons (Fsp3) is 0.682. The van der Waals surface area contributed by atoms with E-state index >= 15 is 0 Å². The second kappa shape index (κ2) is 10.00. The number of hydrogen-bond acceptors (Lipinski definition) is 5. The molecule has 9 heteroatoms. The summed E-state index contributed by atoms with van der Waals surface area (Å²) in [5.74, 6) is 2.05. The lowest BCUT2D eigenvalue weighted by atomic mass is 9.94. The van der Waals surface area contributed by atoms with Crippen LogP contribution in [0.15, 0.2) is 23.1 Å². The Labute approximate surface area is 195 Å². The van der Waals surface area contributed by atoms with E-state index in [1.807, 2.05) is 11.8 Å². The molecule has 1 aliphatic carbocycles. The van der Waals surface area contributed by atoms with E-state index in [1.54, 1.807) is 6.07 Å². The van der Waals surface area contributed by atoms with E-state index < -0.39 is 10.0 Å². The zero-order valence-corrected chi connectivity index (χ0v) is 20.3. The average molecular weight is 486 g/mol. The third-order valence-corrected chi connectivity index (χ3v) is 10.2. The van der Waals surface area contributed by atoms with Crippen molar-refractivity contribution < 1.29 is 13.2 Å². The molecule has 1 aromatic carbocycles. The monoisotopic (exact) mass is 485 g/mol. The van der Waals surface area contributed by atoms with Gasteiger partial charge in [-0.25, -0.2) is 8.42 Å². The van der Waals surface area contributed by atoms with E-state index in [2.05, 4.69) is 10.2 Å². The zero-order valence-electron chi connectivity index (χ0n) is 17.9. The molecule has 0 atom stereocenters. The number of nitrogens with one attached hydrogen (secondary N) is 1. The highest BCUT2D eigenvalue weighted by Crippen LogP contribution is 2.36. The lowest BCUT2D eigenvalue weighted by molar-refractivity contribution is 0.0817. The number of amides is 1. The van der Waals surface area contributed by atoms with Gasteiger partial charge in [-0.2, -0.15) is 16.1 Å². The first-order chi connectivity index (χ1) is 14.9. The lowest BCUT2D eigenvalue weighted by Crippen LogP contribution is -2.56. The van der Waals surface area contributed by atoms with Crippen molar-refractivity contribution in [1.29, 1.82) is 0 Å². The number of rotatable bonds is 6. The molecule has 0 radical (unpaired) electrons. The molecule has 4 rings (SSSR count). The first-order valence-corrected chi connectivity index (χ1v) is 14.3. The molecule has 1 saturated carbocycles. The minimum absolute atomic E-state index is 0.0335. The minimum atomic E-state index is -3.70. The summed E-state index contributed by atoms with van der Waals surface area (Å²) in [6.45, 7) is 3.75. The van der Waals surface area contributed by atoms with Gasteiger partial charge in [0.25, 0.3) is 5.91 Å². The molecular formula is C22H32ClN3O3S2. The number of thioether (sulfide) groups is 1. The van der Waals surface area contributed by atoms with Crippen LogP contribution in [-0.2, 0) is 10.0 Å². The number of hydrogen-bond donors (Lipinski definition) is 1. The molecule has 0 bridgehead atoms. The predicted molar refractivity (Wildman–Crippen MR) is 126 cm³/mol. The molecule has 0 unspecified atom stereocenters. The summed E-state index contributed by atoms with van der Waals surface area (Å²) in [5, 5.41) is 3.28. The fourth-order valence-corrected chi connectivity index (χ4v) is 8.03. The molecule has 1 amide bonds. The summed E-state index contributed by atoms with van der Waals surface area (Å²) in [5.41, 5.74) is 0.383. The number of sulfonamides is 1. The summed E-state index contributed by atoms with van der Waals surface area (Å²) in [7, 11) is -3.70. The van der Waals surface area contributed by atoms with E-state index in [4.69, 9.17) is 11.6 Å². The van der Waals surface area contributed by atoms with Crippen LogP contribution >= 0.6 is 23.4 Å². The van der Waals surface area contributed by atoms with Gasteiger partial charge in [0.15, 0.2) is 0 Å². The highest BCUT2D eigenvalue weighted by Gasteiger charge is 2.40. The van der Waals surface area contributed by atoms with Crippen molar-refractivity contribution in [3.63, 3.8) is 0 Å². The molecule has 3 aliphatic rings. The van der Waals surface area contributed by atoms with Gasteiger partial charge in [0, 0.05) is 55.3 Å².